The number of nitrogens with two attached hydrogens (primary N) is 1. The van der Waals surface area contributed by atoms with E-state index in [9.17, 15) is 0 Å². The molecule has 6 heteroatoms. The third kappa shape index (κ3) is 2.48. The van der Waals surface area contributed by atoms with Crippen molar-refractivity contribution in [1.82, 2.24) is 10.1 Å². The summed E-state index contributed by atoms with van der Waals surface area (Å²) < 4.78 is 6.19. The van der Waals surface area contributed by atoms with Gasteiger partial charge >= 0.3 is 0 Å². The van der Waals surface area contributed by atoms with E-state index in [0.717, 1.165) is 23.1 Å². The van der Waals surface area contributed by atoms with Crippen LogP contribution in [0.25, 0.3) is 11.5 Å². The van der Waals surface area contributed by atoms with E-state index in [1.165, 1.54) is 0 Å². The Balaban J connectivity index is 2.37. The summed E-state index contributed by atoms with van der Waals surface area (Å²) in [6.07, 6.45) is 0. The maximum Gasteiger partial charge on any atom is 0.266 e. The van der Waals surface area contributed by atoms with Crippen LogP contribution in [-0.2, 0) is 0 Å². The van der Waals surface area contributed by atoms with E-state index in [4.69, 9.17) is 10.3 Å². The summed E-state index contributed by atoms with van der Waals surface area (Å²) in [5.41, 5.74) is 7.27. The maximum atomic E-state index is 5.91. The lowest BCUT2D eigenvalue weighted by molar-refractivity contribution is 0.429. The topological polar surface area (TPSA) is 68.2 Å². The standard InChI is InChI=1S/C12H15BrN4O/c1-3-17(4-2)12-15-11(18-16-12)9-7-8(13)5-6-10(9)14/h5-7H,3-4,14H2,1-2H3. The fourth-order valence-electron chi connectivity index (χ4n) is 1.67. The van der Waals surface area contributed by atoms with Gasteiger partial charge in [0.25, 0.3) is 11.8 Å². The smallest absolute Gasteiger partial charge is 0.266 e. The highest BCUT2D eigenvalue weighted by Crippen LogP contribution is 2.28. The second-order valence-corrected chi connectivity index (χ2v) is 4.72. The first-order chi connectivity index (χ1) is 8.65. The van der Waals surface area contributed by atoms with Gasteiger partial charge in [-0.25, -0.2) is 0 Å². The summed E-state index contributed by atoms with van der Waals surface area (Å²) in [7, 11) is 0. The normalized spacial score (nSPS) is 10.6. The van der Waals surface area contributed by atoms with Gasteiger partial charge in [0.1, 0.15) is 0 Å². The molecule has 0 radical (unpaired) electrons. The Morgan fingerprint density at radius 1 is 1.33 bits per heavy atom. The Bertz CT molecular complexity index is 537. The van der Waals surface area contributed by atoms with Crippen LogP contribution < -0.4 is 10.6 Å². The largest absolute Gasteiger partial charge is 0.398 e. The van der Waals surface area contributed by atoms with E-state index in [2.05, 4.69) is 26.1 Å². The zero-order valence-electron chi connectivity index (χ0n) is 10.4. The molecule has 0 aliphatic heterocycles. The Morgan fingerprint density at radius 3 is 2.72 bits per heavy atom. The van der Waals surface area contributed by atoms with E-state index in [0.29, 0.717) is 17.5 Å². The maximum absolute atomic E-state index is 5.91. The fourth-order valence-corrected chi connectivity index (χ4v) is 2.03. The van der Waals surface area contributed by atoms with E-state index in [-0.39, 0.29) is 0 Å². The molecule has 0 aliphatic rings. The molecule has 0 amide bonds. The van der Waals surface area contributed by atoms with Crippen molar-refractivity contribution in [2.24, 2.45) is 0 Å². The summed E-state index contributed by atoms with van der Waals surface area (Å²) in [6, 6.07) is 5.55. The summed E-state index contributed by atoms with van der Waals surface area (Å²) in [4.78, 5) is 6.39. The number of hydrogen-bond donors (Lipinski definition) is 1. The molecule has 1 aromatic carbocycles. The number of aromatic nitrogens is 2. The van der Waals surface area contributed by atoms with Crippen molar-refractivity contribution in [3.63, 3.8) is 0 Å². The van der Waals surface area contributed by atoms with Gasteiger partial charge in [-0.1, -0.05) is 15.9 Å². The molecule has 5 nitrogen and oxygen atoms in total. The minimum Gasteiger partial charge on any atom is -0.398 e. The lowest BCUT2D eigenvalue weighted by Gasteiger charge is -2.14. The first-order valence-electron chi connectivity index (χ1n) is 5.79. The summed E-state index contributed by atoms with van der Waals surface area (Å²) >= 11 is 3.40. The Labute approximate surface area is 114 Å². The second-order valence-electron chi connectivity index (χ2n) is 3.80. The van der Waals surface area contributed by atoms with Crippen LogP contribution >= 0.6 is 15.9 Å². The van der Waals surface area contributed by atoms with Gasteiger partial charge in [0, 0.05) is 23.2 Å². The molecule has 96 valence electrons. The highest BCUT2D eigenvalue weighted by molar-refractivity contribution is 9.10. The monoisotopic (exact) mass is 310 g/mol. The van der Waals surface area contributed by atoms with Gasteiger partial charge in [-0.05, 0) is 37.2 Å². The molecule has 0 spiro atoms. The predicted molar refractivity (Wildman–Crippen MR) is 75.4 cm³/mol. The lowest BCUT2D eigenvalue weighted by atomic mass is 10.2. The molecule has 18 heavy (non-hydrogen) atoms. The highest BCUT2D eigenvalue weighted by Gasteiger charge is 2.15. The molecule has 0 aliphatic carbocycles. The van der Waals surface area contributed by atoms with Crippen molar-refractivity contribution >= 4 is 27.6 Å². The van der Waals surface area contributed by atoms with Gasteiger partial charge < -0.3 is 15.2 Å². The molecule has 2 aromatic rings. The zero-order chi connectivity index (χ0) is 13.1. The molecular weight excluding hydrogens is 296 g/mol. The lowest BCUT2D eigenvalue weighted by Crippen LogP contribution is -2.22. The quantitative estimate of drug-likeness (QED) is 0.879. The number of benzene rings is 1. The zero-order valence-corrected chi connectivity index (χ0v) is 11.9. The molecule has 0 bridgehead atoms. The van der Waals surface area contributed by atoms with Crippen LogP contribution in [0, 0.1) is 0 Å². The minimum atomic E-state index is 0.440. The van der Waals surface area contributed by atoms with Crippen LogP contribution in [0.3, 0.4) is 0 Å². The number of hydrogen-bond acceptors (Lipinski definition) is 5. The van der Waals surface area contributed by atoms with Gasteiger partial charge in [-0.15, -0.1) is 0 Å². The van der Waals surface area contributed by atoms with Gasteiger partial charge in [0.2, 0.25) is 0 Å². The second kappa shape index (κ2) is 5.39. The van der Waals surface area contributed by atoms with E-state index in [1.807, 2.05) is 30.9 Å². The average molecular weight is 311 g/mol. The van der Waals surface area contributed by atoms with Crippen LogP contribution in [0.15, 0.2) is 27.2 Å². The molecular formula is C12H15BrN4O. The van der Waals surface area contributed by atoms with Gasteiger partial charge in [-0.3, -0.25) is 0 Å². The highest BCUT2D eigenvalue weighted by atomic mass is 79.9. The third-order valence-electron chi connectivity index (χ3n) is 2.71. The van der Waals surface area contributed by atoms with E-state index in [1.54, 1.807) is 6.07 Å². The van der Waals surface area contributed by atoms with Crippen LogP contribution in [0.2, 0.25) is 0 Å². The summed E-state index contributed by atoms with van der Waals surface area (Å²) in [5, 5.41) is 3.97. The van der Waals surface area contributed by atoms with E-state index >= 15 is 0 Å². The number of anilines is 2. The molecule has 0 atom stereocenters. The predicted octanol–water partition coefficient (Wildman–Crippen LogP) is 2.93. The Kier molecular flexibility index (Phi) is 3.86. The average Bonchev–Trinajstić information content (AvgIpc) is 2.83. The third-order valence-corrected chi connectivity index (χ3v) is 3.20. The van der Waals surface area contributed by atoms with Gasteiger partial charge in [-0.2, -0.15) is 4.98 Å². The number of nitrogen functional groups attached to an aromatic ring is 1. The van der Waals surface area contributed by atoms with Crippen molar-refractivity contribution in [1.29, 1.82) is 0 Å². The molecule has 0 fully saturated rings. The molecule has 1 aromatic heterocycles. The first kappa shape index (κ1) is 12.9. The SMILES string of the molecule is CCN(CC)c1noc(-c2cc(Br)ccc2N)n1. The molecule has 0 saturated heterocycles. The van der Waals surface area contributed by atoms with Crippen LogP contribution in [0.1, 0.15) is 13.8 Å². The van der Waals surface area contributed by atoms with Crippen LogP contribution in [-0.4, -0.2) is 23.2 Å². The molecule has 2 rings (SSSR count). The van der Waals surface area contributed by atoms with Crippen molar-refractivity contribution in [3.8, 4) is 11.5 Å². The molecule has 0 unspecified atom stereocenters. The summed E-state index contributed by atoms with van der Waals surface area (Å²) in [5.74, 6) is 1.03. The number of rotatable bonds is 4. The van der Waals surface area contributed by atoms with Crippen LogP contribution in [0.5, 0.6) is 0 Å². The summed E-state index contributed by atoms with van der Waals surface area (Å²) in [6.45, 7) is 5.77. The van der Waals surface area contributed by atoms with Crippen molar-refractivity contribution in [2.75, 3.05) is 23.7 Å². The first-order valence-corrected chi connectivity index (χ1v) is 6.59. The fraction of sp³-hybridized carbons (Fsp3) is 0.333. The van der Waals surface area contributed by atoms with E-state index < -0.39 is 0 Å². The molecule has 0 saturated carbocycles. The van der Waals surface area contributed by atoms with Gasteiger partial charge in [0.05, 0.1) is 5.56 Å². The molecule has 1 heterocycles. The number of nitrogens with zero attached hydrogens (tertiary/aromatic N) is 3. The number of halogens is 1. The molecule has 2 N–H and O–H groups in total. The van der Waals surface area contributed by atoms with Crippen molar-refractivity contribution < 1.29 is 4.52 Å². The van der Waals surface area contributed by atoms with Crippen LogP contribution in [0.4, 0.5) is 11.6 Å². The minimum absolute atomic E-state index is 0.440. The van der Waals surface area contributed by atoms with Gasteiger partial charge in [0.15, 0.2) is 0 Å². The van der Waals surface area contributed by atoms with Crippen molar-refractivity contribution in [3.05, 3.63) is 22.7 Å². The Hall–Kier alpha value is -1.56. The van der Waals surface area contributed by atoms with Crippen molar-refractivity contribution in [2.45, 2.75) is 13.8 Å². The Morgan fingerprint density at radius 2 is 2.06 bits per heavy atom.